The summed E-state index contributed by atoms with van der Waals surface area (Å²) in [5.41, 5.74) is 0. The van der Waals surface area contributed by atoms with Crippen LogP contribution in [0.2, 0.25) is 0 Å². The highest BCUT2D eigenvalue weighted by atomic mass is 16.4. The van der Waals surface area contributed by atoms with Crippen molar-refractivity contribution in [2.45, 2.75) is 95.5 Å². The number of hydrogen-bond donors (Lipinski definition) is 6. The molecule has 0 aromatic heterocycles. The second-order valence-corrected chi connectivity index (χ2v) is 9.03. The van der Waals surface area contributed by atoms with Gasteiger partial charge in [0.2, 0.25) is 0 Å². The van der Waals surface area contributed by atoms with E-state index >= 15 is 0 Å². The third-order valence-electron chi connectivity index (χ3n) is 5.66. The molecule has 0 aliphatic carbocycles. The van der Waals surface area contributed by atoms with Crippen molar-refractivity contribution in [3.8, 4) is 0 Å². The Morgan fingerprint density at radius 1 is 0.800 bits per heavy atom. The molecule has 0 heterocycles. The van der Waals surface area contributed by atoms with Crippen LogP contribution in [0.15, 0.2) is 0 Å². The highest BCUT2D eigenvalue weighted by Crippen LogP contribution is 2.11. The molecule has 0 fully saturated rings. The first-order chi connectivity index (χ1) is 14.2. The Balaban J connectivity index is 3.91. The molecular formula is C22H47N2O6+. The summed E-state index contributed by atoms with van der Waals surface area (Å²) < 4.78 is 0.738. The van der Waals surface area contributed by atoms with Crippen LogP contribution in [0.25, 0.3) is 0 Å². The van der Waals surface area contributed by atoms with E-state index in [0.717, 1.165) is 17.4 Å². The Morgan fingerprint density at radius 3 is 1.80 bits per heavy atom. The van der Waals surface area contributed by atoms with Crippen LogP contribution in [0.4, 0.5) is 0 Å². The molecule has 8 heteroatoms. The van der Waals surface area contributed by atoms with Crippen molar-refractivity contribution in [1.29, 1.82) is 0 Å². The average Bonchev–Trinajstić information content (AvgIpc) is 2.72. The number of nitrogens with one attached hydrogen (secondary N) is 1. The zero-order chi connectivity index (χ0) is 23.0. The van der Waals surface area contributed by atoms with Gasteiger partial charge in [0.25, 0.3) is 5.91 Å². The van der Waals surface area contributed by atoms with Crippen LogP contribution < -0.4 is 5.32 Å². The molecule has 0 aromatic rings. The minimum Gasteiger partial charge on any atom is -0.394 e. The van der Waals surface area contributed by atoms with Crippen molar-refractivity contribution in [2.75, 3.05) is 40.3 Å². The lowest BCUT2D eigenvalue weighted by atomic mass is 10.0. The van der Waals surface area contributed by atoms with Crippen LogP contribution in [0.5, 0.6) is 0 Å². The number of quaternary nitrogens is 1. The Labute approximate surface area is 182 Å². The number of likely N-dealkylation sites (N-methyl/N-ethyl adjacent to an activating group) is 1. The topological polar surface area (TPSA) is 130 Å². The molecule has 0 spiro atoms. The predicted molar refractivity (Wildman–Crippen MR) is 118 cm³/mol. The van der Waals surface area contributed by atoms with Crippen molar-refractivity contribution >= 4 is 5.91 Å². The maximum absolute atomic E-state index is 11.9. The summed E-state index contributed by atoms with van der Waals surface area (Å²) in [5, 5.41) is 49.8. The lowest BCUT2D eigenvalue weighted by molar-refractivity contribution is -0.889. The van der Waals surface area contributed by atoms with E-state index in [-0.39, 0.29) is 0 Å². The molecule has 0 bridgehead atoms. The van der Waals surface area contributed by atoms with Gasteiger partial charge in [-0.1, -0.05) is 58.3 Å². The number of unbranched alkanes of at least 4 members (excludes halogenated alkanes) is 9. The first-order valence-electron chi connectivity index (χ1n) is 11.6. The van der Waals surface area contributed by atoms with Gasteiger partial charge in [-0.3, -0.25) is 4.79 Å². The van der Waals surface area contributed by atoms with Gasteiger partial charge in [-0.2, -0.15) is 0 Å². The zero-order valence-electron chi connectivity index (χ0n) is 19.3. The van der Waals surface area contributed by atoms with Gasteiger partial charge in [0, 0.05) is 0 Å². The van der Waals surface area contributed by atoms with E-state index in [9.17, 15) is 25.2 Å². The van der Waals surface area contributed by atoms with Gasteiger partial charge in [-0.05, 0) is 12.8 Å². The van der Waals surface area contributed by atoms with Crippen molar-refractivity contribution in [1.82, 2.24) is 5.32 Å². The average molecular weight is 436 g/mol. The third kappa shape index (κ3) is 13.5. The first kappa shape index (κ1) is 29.2. The van der Waals surface area contributed by atoms with Gasteiger partial charge in [0.1, 0.15) is 18.3 Å². The molecule has 0 radical (unpaired) electrons. The van der Waals surface area contributed by atoms with Crippen LogP contribution in [-0.2, 0) is 4.79 Å². The standard InChI is InChI=1S/C22H46N2O6/c1-4-5-6-7-8-9-10-11-12-13-15-24(2,3)16-14-23-22(30)21(29)20(28)19(27)18(26)17-25/h18-21,25-29H,4-17H2,1-3H3/p+1/t18-,19-,20+,21-/m1/s1. The highest BCUT2D eigenvalue weighted by Gasteiger charge is 2.34. The van der Waals surface area contributed by atoms with Gasteiger partial charge in [-0.25, -0.2) is 0 Å². The van der Waals surface area contributed by atoms with E-state index < -0.39 is 36.9 Å². The van der Waals surface area contributed by atoms with Gasteiger partial charge >= 0.3 is 0 Å². The quantitative estimate of drug-likeness (QED) is 0.130. The number of amides is 1. The Bertz CT molecular complexity index is 436. The highest BCUT2D eigenvalue weighted by molar-refractivity contribution is 5.81. The fourth-order valence-corrected chi connectivity index (χ4v) is 3.40. The molecule has 0 saturated heterocycles. The largest absolute Gasteiger partial charge is 0.394 e. The number of carbonyl (C=O) groups is 1. The Hall–Kier alpha value is -0.770. The number of hydrogen-bond acceptors (Lipinski definition) is 6. The molecule has 4 atom stereocenters. The summed E-state index contributed by atoms with van der Waals surface area (Å²) in [7, 11) is 4.18. The van der Waals surface area contributed by atoms with Gasteiger partial charge in [-0.15, -0.1) is 0 Å². The van der Waals surface area contributed by atoms with Crippen molar-refractivity contribution in [3.05, 3.63) is 0 Å². The van der Waals surface area contributed by atoms with E-state index in [1.165, 1.54) is 57.8 Å². The molecule has 0 aliphatic rings. The molecule has 8 nitrogen and oxygen atoms in total. The molecule has 0 aromatic carbocycles. The monoisotopic (exact) mass is 435 g/mol. The number of carbonyl (C=O) groups excluding carboxylic acids is 1. The van der Waals surface area contributed by atoms with E-state index in [1.807, 2.05) is 0 Å². The van der Waals surface area contributed by atoms with Crippen LogP contribution in [0.1, 0.15) is 71.1 Å². The maximum Gasteiger partial charge on any atom is 0.251 e. The number of aliphatic hydroxyl groups is 5. The number of nitrogens with zero attached hydrogens (tertiary/aromatic N) is 1. The van der Waals surface area contributed by atoms with E-state index in [4.69, 9.17) is 5.11 Å². The SMILES string of the molecule is CCCCCCCCCCCC[N+](C)(C)CCNC(=O)[C@H](O)[C@@H](O)[C@H](O)[C@H](O)CO. The van der Waals surface area contributed by atoms with Crippen LogP contribution in [0.3, 0.4) is 0 Å². The van der Waals surface area contributed by atoms with Crippen molar-refractivity contribution in [3.63, 3.8) is 0 Å². The summed E-state index contributed by atoms with van der Waals surface area (Å²) in [4.78, 5) is 11.9. The van der Waals surface area contributed by atoms with E-state index in [0.29, 0.717) is 13.1 Å². The van der Waals surface area contributed by atoms with Gasteiger partial charge < -0.3 is 35.3 Å². The molecule has 1 amide bonds. The van der Waals surface area contributed by atoms with Crippen molar-refractivity contribution < 1.29 is 34.8 Å². The lowest BCUT2D eigenvalue weighted by Gasteiger charge is -2.30. The van der Waals surface area contributed by atoms with E-state index in [1.54, 1.807) is 0 Å². The van der Waals surface area contributed by atoms with Crippen molar-refractivity contribution in [2.24, 2.45) is 0 Å². The smallest absolute Gasteiger partial charge is 0.251 e. The minimum atomic E-state index is -1.88. The molecular weight excluding hydrogens is 388 g/mol. The van der Waals surface area contributed by atoms with Gasteiger partial charge in [0.15, 0.2) is 6.10 Å². The summed E-state index contributed by atoms with van der Waals surface area (Å²) in [5.74, 6) is -0.814. The van der Waals surface area contributed by atoms with Crippen LogP contribution in [-0.4, -0.2) is 101 Å². The summed E-state index contributed by atoms with van der Waals surface area (Å²) in [6.45, 7) is 3.45. The lowest BCUT2D eigenvalue weighted by Crippen LogP contribution is -2.53. The molecule has 6 N–H and O–H groups in total. The molecule has 0 rings (SSSR count). The molecule has 30 heavy (non-hydrogen) atoms. The minimum absolute atomic E-state index is 0.325. The summed E-state index contributed by atoms with van der Waals surface area (Å²) >= 11 is 0. The van der Waals surface area contributed by atoms with Crippen LogP contribution in [0, 0.1) is 0 Å². The molecule has 0 aliphatic heterocycles. The van der Waals surface area contributed by atoms with Crippen LogP contribution >= 0.6 is 0 Å². The first-order valence-corrected chi connectivity index (χ1v) is 11.6. The number of aliphatic hydroxyl groups excluding tert-OH is 5. The molecule has 0 saturated carbocycles. The summed E-state index contributed by atoms with van der Waals surface area (Å²) in [6.07, 6.45) is 5.74. The number of rotatable bonds is 19. The van der Waals surface area contributed by atoms with Gasteiger partial charge in [0.05, 0.1) is 40.3 Å². The molecule has 0 unspecified atom stereocenters. The fourth-order valence-electron chi connectivity index (χ4n) is 3.40. The second kappa shape index (κ2) is 16.9. The third-order valence-corrected chi connectivity index (χ3v) is 5.66. The van der Waals surface area contributed by atoms with E-state index in [2.05, 4.69) is 26.3 Å². The fraction of sp³-hybridized carbons (Fsp3) is 0.955. The summed E-state index contributed by atoms with van der Waals surface area (Å²) in [6, 6.07) is 0. The Kier molecular flexibility index (Phi) is 16.4. The Morgan fingerprint density at radius 2 is 1.30 bits per heavy atom. The maximum atomic E-state index is 11.9. The molecule has 180 valence electrons. The second-order valence-electron chi connectivity index (χ2n) is 9.03. The zero-order valence-corrected chi connectivity index (χ0v) is 19.3. The normalized spacial score (nSPS) is 16.1. The predicted octanol–water partition coefficient (Wildman–Crippen LogP) is 0.536.